The second-order valence-electron chi connectivity index (χ2n) is 4.98. The van der Waals surface area contributed by atoms with E-state index in [1.165, 1.54) is 0 Å². The topological polar surface area (TPSA) is 55.0 Å². The van der Waals surface area contributed by atoms with Gasteiger partial charge in [-0.2, -0.15) is 0 Å². The standard InChI is InChI=1S/C13H16N2O2.C2H6/c1-13(2,3)17-11(16)7-9-8-15-10-5-4-6-14-12(9)10;1-2/h4-6,8,15H,7H2,1-3H3;1-2H3. The molecule has 104 valence electrons. The molecule has 2 rings (SSSR count). The van der Waals surface area contributed by atoms with E-state index in [0.717, 1.165) is 16.6 Å². The fourth-order valence-corrected chi connectivity index (χ4v) is 1.68. The van der Waals surface area contributed by atoms with Crippen molar-refractivity contribution in [3.8, 4) is 0 Å². The third-order valence-electron chi connectivity index (χ3n) is 2.27. The van der Waals surface area contributed by atoms with Crippen LogP contribution in [-0.2, 0) is 16.0 Å². The third-order valence-corrected chi connectivity index (χ3v) is 2.27. The molecular weight excluding hydrogens is 240 g/mol. The summed E-state index contributed by atoms with van der Waals surface area (Å²) in [7, 11) is 0. The fourth-order valence-electron chi connectivity index (χ4n) is 1.68. The lowest BCUT2D eigenvalue weighted by atomic mass is 10.1. The Balaban J connectivity index is 0.000000861. The minimum absolute atomic E-state index is 0.232. The molecular formula is C15H22N2O2. The van der Waals surface area contributed by atoms with Crippen molar-refractivity contribution in [2.45, 2.75) is 46.6 Å². The Kier molecular flexibility index (Phi) is 5.10. The van der Waals surface area contributed by atoms with Crippen molar-refractivity contribution < 1.29 is 9.53 Å². The van der Waals surface area contributed by atoms with Crippen LogP contribution < -0.4 is 0 Å². The molecule has 0 aliphatic heterocycles. The van der Waals surface area contributed by atoms with E-state index < -0.39 is 5.60 Å². The molecule has 0 unspecified atom stereocenters. The number of pyridine rings is 1. The molecule has 0 spiro atoms. The maximum Gasteiger partial charge on any atom is 0.310 e. The van der Waals surface area contributed by atoms with E-state index in [4.69, 9.17) is 4.74 Å². The summed E-state index contributed by atoms with van der Waals surface area (Å²) in [6, 6.07) is 3.79. The quantitative estimate of drug-likeness (QED) is 0.843. The summed E-state index contributed by atoms with van der Waals surface area (Å²) in [6.45, 7) is 9.58. The van der Waals surface area contributed by atoms with E-state index in [9.17, 15) is 4.79 Å². The Morgan fingerprint density at radius 3 is 2.68 bits per heavy atom. The van der Waals surface area contributed by atoms with Crippen LogP contribution in [0, 0.1) is 0 Å². The van der Waals surface area contributed by atoms with Gasteiger partial charge in [0.15, 0.2) is 0 Å². The molecule has 1 N–H and O–H groups in total. The monoisotopic (exact) mass is 262 g/mol. The summed E-state index contributed by atoms with van der Waals surface area (Å²) < 4.78 is 5.28. The zero-order chi connectivity index (χ0) is 14.5. The van der Waals surface area contributed by atoms with Crippen molar-refractivity contribution in [1.82, 2.24) is 9.97 Å². The lowest BCUT2D eigenvalue weighted by Gasteiger charge is -2.19. The molecule has 0 aromatic carbocycles. The highest BCUT2D eigenvalue weighted by molar-refractivity contribution is 5.84. The van der Waals surface area contributed by atoms with Gasteiger partial charge in [-0.25, -0.2) is 0 Å². The van der Waals surface area contributed by atoms with Crippen LogP contribution in [0.25, 0.3) is 11.0 Å². The summed E-state index contributed by atoms with van der Waals surface area (Å²) in [5, 5.41) is 0. The summed E-state index contributed by atoms with van der Waals surface area (Å²) in [4.78, 5) is 19.0. The lowest BCUT2D eigenvalue weighted by Crippen LogP contribution is -2.24. The molecule has 0 radical (unpaired) electrons. The van der Waals surface area contributed by atoms with Crippen LogP contribution in [0.5, 0.6) is 0 Å². The molecule has 0 aliphatic carbocycles. The van der Waals surface area contributed by atoms with E-state index in [1.807, 2.05) is 52.9 Å². The SMILES string of the molecule is CC.CC(C)(C)OC(=O)Cc1c[nH]c2cccnc12. The average Bonchev–Trinajstić information content (AvgIpc) is 2.73. The number of hydrogen-bond donors (Lipinski definition) is 1. The smallest absolute Gasteiger partial charge is 0.310 e. The zero-order valence-corrected chi connectivity index (χ0v) is 12.3. The normalized spacial score (nSPS) is 10.8. The first-order chi connectivity index (χ1) is 8.96. The Labute approximate surface area is 114 Å². The predicted molar refractivity (Wildman–Crippen MR) is 77.0 cm³/mol. The van der Waals surface area contributed by atoms with Gasteiger partial charge in [-0.1, -0.05) is 13.8 Å². The van der Waals surface area contributed by atoms with E-state index in [0.29, 0.717) is 0 Å². The summed E-state index contributed by atoms with van der Waals surface area (Å²) in [5.41, 5.74) is 2.19. The predicted octanol–water partition coefficient (Wildman–Crippen LogP) is 3.47. The molecule has 0 saturated heterocycles. The maximum atomic E-state index is 11.7. The summed E-state index contributed by atoms with van der Waals surface area (Å²) in [5.74, 6) is -0.232. The van der Waals surface area contributed by atoms with Crippen molar-refractivity contribution >= 4 is 17.0 Å². The van der Waals surface area contributed by atoms with E-state index in [2.05, 4.69) is 9.97 Å². The number of fused-ring (bicyclic) bond motifs is 1. The largest absolute Gasteiger partial charge is 0.460 e. The van der Waals surface area contributed by atoms with Gasteiger partial charge in [-0.15, -0.1) is 0 Å². The molecule has 0 aliphatic rings. The van der Waals surface area contributed by atoms with Crippen LogP contribution in [0.15, 0.2) is 24.5 Å². The lowest BCUT2D eigenvalue weighted by molar-refractivity contribution is -0.153. The first-order valence-electron chi connectivity index (χ1n) is 6.58. The van der Waals surface area contributed by atoms with Gasteiger partial charge in [0.2, 0.25) is 0 Å². The number of hydrogen-bond acceptors (Lipinski definition) is 3. The van der Waals surface area contributed by atoms with E-state index in [1.54, 1.807) is 6.20 Å². The minimum atomic E-state index is -0.448. The Hall–Kier alpha value is -1.84. The van der Waals surface area contributed by atoms with Crippen LogP contribution in [0.2, 0.25) is 0 Å². The first kappa shape index (κ1) is 15.2. The van der Waals surface area contributed by atoms with Crippen molar-refractivity contribution in [2.75, 3.05) is 0 Å². The van der Waals surface area contributed by atoms with Crippen molar-refractivity contribution in [3.63, 3.8) is 0 Å². The van der Waals surface area contributed by atoms with Gasteiger partial charge in [0.25, 0.3) is 0 Å². The van der Waals surface area contributed by atoms with Crippen LogP contribution in [-0.4, -0.2) is 21.5 Å². The second kappa shape index (κ2) is 6.36. The summed E-state index contributed by atoms with van der Waals surface area (Å²) >= 11 is 0. The summed E-state index contributed by atoms with van der Waals surface area (Å²) in [6.07, 6.45) is 3.77. The number of rotatable bonds is 2. The molecule has 2 aromatic heterocycles. The van der Waals surface area contributed by atoms with Crippen LogP contribution in [0.1, 0.15) is 40.2 Å². The number of esters is 1. The highest BCUT2D eigenvalue weighted by atomic mass is 16.6. The maximum absolute atomic E-state index is 11.7. The Morgan fingerprint density at radius 1 is 1.37 bits per heavy atom. The van der Waals surface area contributed by atoms with E-state index >= 15 is 0 Å². The number of carbonyl (C=O) groups excluding carboxylic acids is 1. The molecule has 2 aromatic rings. The number of nitrogens with one attached hydrogen (secondary N) is 1. The molecule has 2 heterocycles. The van der Waals surface area contributed by atoms with Gasteiger partial charge < -0.3 is 9.72 Å². The number of H-pyrrole nitrogens is 1. The van der Waals surface area contributed by atoms with E-state index in [-0.39, 0.29) is 12.4 Å². The molecule has 4 nitrogen and oxygen atoms in total. The van der Waals surface area contributed by atoms with Crippen LogP contribution >= 0.6 is 0 Å². The molecule has 4 heteroatoms. The minimum Gasteiger partial charge on any atom is -0.460 e. The highest BCUT2D eigenvalue weighted by Crippen LogP contribution is 2.17. The number of carbonyl (C=O) groups is 1. The number of aromatic nitrogens is 2. The number of ether oxygens (including phenoxy) is 1. The average molecular weight is 262 g/mol. The first-order valence-corrected chi connectivity index (χ1v) is 6.58. The zero-order valence-electron chi connectivity index (χ0n) is 12.3. The number of nitrogens with zero attached hydrogens (tertiary/aromatic N) is 1. The molecule has 0 amide bonds. The van der Waals surface area contributed by atoms with Crippen molar-refractivity contribution in [1.29, 1.82) is 0 Å². The van der Waals surface area contributed by atoms with Crippen molar-refractivity contribution in [2.24, 2.45) is 0 Å². The molecule has 0 bridgehead atoms. The van der Waals surface area contributed by atoms with Gasteiger partial charge in [-0.3, -0.25) is 9.78 Å². The van der Waals surface area contributed by atoms with Crippen LogP contribution in [0.3, 0.4) is 0 Å². The van der Waals surface area contributed by atoms with Gasteiger partial charge >= 0.3 is 5.97 Å². The number of aromatic amines is 1. The van der Waals surface area contributed by atoms with Gasteiger partial charge in [0.1, 0.15) is 5.60 Å². The van der Waals surface area contributed by atoms with Crippen LogP contribution in [0.4, 0.5) is 0 Å². The van der Waals surface area contributed by atoms with Gasteiger partial charge in [0.05, 0.1) is 17.5 Å². The Morgan fingerprint density at radius 2 is 2.05 bits per heavy atom. The van der Waals surface area contributed by atoms with Gasteiger partial charge in [0, 0.05) is 18.0 Å². The Bertz CT molecular complexity index is 538. The fraction of sp³-hybridized carbons (Fsp3) is 0.467. The second-order valence-corrected chi connectivity index (χ2v) is 4.98. The molecule has 0 fully saturated rings. The van der Waals surface area contributed by atoms with Gasteiger partial charge in [-0.05, 0) is 32.9 Å². The van der Waals surface area contributed by atoms with Crippen molar-refractivity contribution in [3.05, 3.63) is 30.1 Å². The molecule has 19 heavy (non-hydrogen) atoms. The molecule has 0 atom stereocenters. The molecule has 0 saturated carbocycles. The highest BCUT2D eigenvalue weighted by Gasteiger charge is 2.18. The third kappa shape index (κ3) is 4.39.